The summed E-state index contributed by atoms with van der Waals surface area (Å²) in [5.74, 6) is -0.534. The molecule has 112 valence electrons. The molecule has 0 amide bonds. The van der Waals surface area contributed by atoms with E-state index in [2.05, 4.69) is 0 Å². The molecule has 2 N–H and O–H groups in total. The number of esters is 1. The highest BCUT2D eigenvalue weighted by molar-refractivity contribution is 6.07. The monoisotopic (exact) mass is 290 g/mol. The molecule has 0 aliphatic carbocycles. The molecule has 0 unspecified atom stereocenters. The number of carbonyl (C=O) groups is 2. The van der Waals surface area contributed by atoms with Gasteiger partial charge in [0.2, 0.25) is 0 Å². The largest absolute Gasteiger partial charge is 0.465 e. The summed E-state index contributed by atoms with van der Waals surface area (Å²) in [6.45, 7) is 5.32. The molecule has 0 aliphatic rings. The lowest BCUT2D eigenvalue weighted by Gasteiger charge is -2.19. The van der Waals surface area contributed by atoms with Crippen LogP contribution in [0.25, 0.3) is 10.9 Å². The number of nitrogens with zero attached hydrogens (tertiary/aromatic N) is 1. The maximum atomic E-state index is 12.2. The Bertz CT molecular complexity index is 710. The molecule has 2 rings (SSSR count). The van der Waals surface area contributed by atoms with Crippen molar-refractivity contribution in [2.24, 2.45) is 0 Å². The quantitative estimate of drug-likeness (QED) is 0.645. The number of nitrogens with two attached hydrogens (primary N) is 1. The number of hydrogen-bond donors (Lipinski definition) is 1. The summed E-state index contributed by atoms with van der Waals surface area (Å²) in [6, 6.07) is 4.95. The average molecular weight is 290 g/mol. The van der Waals surface area contributed by atoms with E-state index in [4.69, 9.17) is 15.2 Å². The van der Waals surface area contributed by atoms with Gasteiger partial charge in [0.15, 0.2) is 0 Å². The number of hydrogen-bond acceptors (Lipinski definition) is 5. The molecule has 0 bridgehead atoms. The minimum Gasteiger partial charge on any atom is -0.465 e. The molecule has 0 radical (unpaired) electrons. The van der Waals surface area contributed by atoms with Gasteiger partial charge in [0.1, 0.15) is 5.60 Å². The molecule has 1 heterocycles. The predicted molar refractivity (Wildman–Crippen MR) is 79.3 cm³/mol. The smallest absolute Gasteiger partial charge is 0.419 e. The standard InChI is InChI=1S/C15H18N2O4/c1-15(2,3)21-14(19)17-8-11(13(18)20-4)10-7-9(16)5-6-12(10)17/h5-8H,16H2,1-4H3. The molecule has 0 aliphatic heterocycles. The van der Waals surface area contributed by atoms with Crippen LogP contribution in [0.5, 0.6) is 0 Å². The van der Waals surface area contributed by atoms with E-state index in [-0.39, 0.29) is 5.56 Å². The van der Waals surface area contributed by atoms with Gasteiger partial charge in [-0.3, -0.25) is 4.57 Å². The third kappa shape index (κ3) is 2.99. The fourth-order valence-electron chi connectivity index (χ4n) is 1.98. The van der Waals surface area contributed by atoms with Crippen LogP contribution in [0, 0.1) is 0 Å². The summed E-state index contributed by atoms with van der Waals surface area (Å²) >= 11 is 0. The van der Waals surface area contributed by atoms with Crippen molar-refractivity contribution in [1.82, 2.24) is 4.57 Å². The molecule has 0 saturated heterocycles. The van der Waals surface area contributed by atoms with Gasteiger partial charge in [-0.15, -0.1) is 0 Å². The fraction of sp³-hybridized carbons (Fsp3) is 0.333. The summed E-state index contributed by atoms with van der Waals surface area (Å²) in [4.78, 5) is 24.1. The number of ether oxygens (including phenoxy) is 2. The average Bonchev–Trinajstić information content (AvgIpc) is 2.74. The molecule has 2 aromatic rings. The van der Waals surface area contributed by atoms with Crippen LogP contribution in [0.3, 0.4) is 0 Å². The van der Waals surface area contributed by atoms with Crippen LogP contribution in [0.4, 0.5) is 10.5 Å². The van der Waals surface area contributed by atoms with Crippen LogP contribution in [-0.2, 0) is 9.47 Å². The van der Waals surface area contributed by atoms with Gasteiger partial charge < -0.3 is 15.2 Å². The number of aromatic nitrogens is 1. The van der Waals surface area contributed by atoms with Crippen LogP contribution in [0.15, 0.2) is 24.4 Å². The number of nitrogen functional groups attached to an aromatic ring is 1. The summed E-state index contributed by atoms with van der Waals surface area (Å²) in [5, 5.41) is 0.549. The Kier molecular flexibility index (Phi) is 3.63. The molecule has 0 saturated carbocycles. The Balaban J connectivity index is 2.60. The zero-order valence-electron chi connectivity index (χ0n) is 12.5. The highest BCUT2D eigenvalue weighted by atomic mass is 16.6. The summed E-state index contributed by atoms with van der Waals surface area (Å²) in [7, 11) is 1.28. The van der Waals surface area contributed by atoms with E-state index in [9.17, 15) is 9.59 Å². The Morgan fingerprint density at radius 2 is 1.90 bits per heavy atom. The van der Waals surface area contributed by atoms with E-state index in [1.165, 1.54) is 17.9 Å². The van der Waals surface area contributed by atoms with E-state index in [0.29, 0.717) is 16.6 Å². The fourth-order valence-corrected chi connectivity index (χ4v) is 1.98. The minimum atomic E-state index is -0.632. The van der Waals surface area contributed by atoms with E-state index in [1.807, 2.05) is 0 Å². The van der Waals surface area contributed by atoms with Crippen molar-refractivity contribution < 1.29 is 19.1 Å². The molecule has 1 aromatic heterocycles. The molecule has 21 heavy (non-hydrogen) atoms. The first-order valence-electron chi connectivity index (χ1n) is 6.45. The number of benzene rings is 1. The highest BCUT2D eigenvalue weighted by Gasteiger charge is 2.23. The van der Waals surface area contributed by atoms with E-state index in [0.717, 1.165) is 0 Å². The van der Waals surface area contributed by atoms with Crippen LogP contribution in [0.1, 0.15) is 31.1 Å². The van der Waals surface area contributed by atoms with E-state index >= 15 is 0 Å². The molecule has 1 aromatic carbocycles. The van der Waals surface area contributed by atoms with Crippen molar-refractivity contribution in [2.45, 2.75) is 26.4 Å². The molecule has 0 spiro atoms. The lowest BCUT2D eigenvalue weighted by atomic mass is 10.1. The van der Waals surface area contributed by atoms with E-state index in [1.54, 1.807) is 39.0 Å². The number of methoxy groups -OCH3 is 1. The van der Waals surface area contributed by atoms with Crippen molar-refractivity contribution >= 4 is 28.7 Å². The van der Waals surface area contributed by atoms with Crippen molar-refractivity contribution in [3.05, 3.63) is 30.0 Å². The van der Waals surface area contributed by atoms with Crippen LogP contribution in [0.2, 0.25) is 0 Å². The van der Waals surface area contributed by atoms with E-state index < -0.39 is 17.7 Å². The van der Waals surface area contributed by atoms with Gasteiger partial charge in [0, 0.05) is 17.3 Å². The summed E-state index contributed by atoms with van der Waals surface area (Å²) in [5.41, 5.74) is 6.42. The van der Waals surface area contributed by atoms with Gasteiger partial charge in [0.05, 0.1) is 18.2 Å². The van der Waals surface area contributed by atoms with Crippen molar-refractivity contribution in [3.8, 4) is 0 Å². The Labute approximate surface area is 122 Å². The van der Waals surface area contributed by atoms with Crippen LogP contribution < -0.4 is 5.73 Å². The van der Waals surface area contributed by atoms with Crippen LogP contribution >= 0.6 is 0 Å². The first-order valence-corrected chi connectivity index (χ1v) is 6.45. The Morgan fingerprint density at radius 3 is 2.48 bits per heavy atom. The maximum Gasteiger partial charge on any atom is 0.419 e. The zero-order valence-corrected chi connectivity index (χ0v) is 12.5. The third-order valence-electron chi connectivity index (χ3n) is 2.82. The number of rotatable bonds is 1. The lowest BCUT2D eigenvalue weighted by molar-refractivity contribution is 0.0544. The second-order valence-corrected chi connectivity index (χ2v) is 5.66. The van der Waals surface area contributed by atoms with Crippen LogP contribution in [-0.4, -0.2) is 29.3 Å². The van der Waals surface area contributed by atoms with Gasteiger partial charge in [-0.25, -0.2) is 9.59 Å². The van der Waals surface area contributed by atoms with Gasteiger partial charge >= 0.3 is 12.1 Å². The van der Waals surface area contributed by atoms with Crippen molar-refractivity contribution in [2.75, 3.05) is 12.8 Å². The first-order chi connectivity index (χ1) is 9.73. The number of carbonyl (C=O) groups excluding carboxylic acids is 2. The second kappa shape index (κ2) is 5.12. The second-order valence-electron chi connectivity index (χ2n) is 5.66. The zero-order chi connectivity index (χ0) is 15.8. The highest BCUT2D eigenvalue weighted by Crippen LogP contribution is 2.25. The first kappa shape index (κ1) is 14.9. The predicted octanol–water partition coefficient (Wildman–Crippen LogP) is 2.79. The van der Waals surface area contributed by atoms with Gasteiger partial charge in [-0.1, -0.05) is 0 Å². The molecule has 6 nitrogen and oxygen atoms in total. The molecular weight excluding hydrogens is 272 g/mol. The lowest BCUT2D eigenvalue weighted by Crippen LogP contribution is -2.26. The number of fused-ring (bicyclic) bond motifs is 1. The minimum absolute atomic E-state index is 0.269. The third-order valence-corrected chi connectivity index (χ3v) is 2.82. The number of anilines is 1. The molecule has 0 fully saturated rings. The Morgan fingerprint density at radius 1 is 1.24 bits per heavy atom. The molecule has 6 heteroatoms. The summed E-state index contributed by atoms with van der Waals surface area (Å²) in [6.07, 6.45) is 0.844. The maximum absolute atomic E-state index is 12.2. The van der Waals surface area contributed by atoms with Gasteiger partial charge in [0.25, 0.3) is 0 Å². The van der Waals surface area contributed by atoms with Gasteiger partial charge in [-0.2, -0.15) is 0 Å². The van der Waals surface area contributed by atoms with Crippen molar-refractivity contribution in [3.63, 3.8) is 0 Å². The van der Waals surface area contributed by atoms with Crippen molar-refractivity contribution in [1.29, 1.82) is 0 Å². The Hall–Kier alpha value is -2.50. The SMILES string of the molecule is COC(=O)c1cn(C(=O)OC(C)(C)C)c2ccc(N)cc12. The molecular formula is C15H18N2O4. The molecule has 0 atom stereocenters. The topological polar surface area (TPSA) is 83.5 Å². The normalized spacial score (nSPS) is 11.4. The van der Waals surface area contributed by atoms with Gasteiger partial charge in [-0.05, 0) is 39.0 Å². The summed E-state index contributed by atoms with van der Waals surface area (Å²) < 4.78 is 11.3.